The highest BCUT2D eigenvalue weighted by atomic mass is 32.2. The first-order chi connectivity index (χ1) is 9.33. The number of thioether (sulfide) groups is 1. The van der Waals surface area contributed by atoms with Crippen LogP contribution in [0, 0.1) is 0 Å². The van der Waals surface area contributed by atoms with Crippen LogP contribution in [0.2, 0.25) is 0 Å². The molecule has 2 aromatic rings. The van der Waals surface area contributed by atoms with Crippen LogP contribution in [0.15, 0.2) is 41.3 Å². The Morgan fingerprint density at radius 1 is 0.947 bits per heavy atom. The van der Waals surface area contributed by atoms with Gasteiger partial charge >= 0.3 is 0 Å². The van der Waals surface area contributed by atoms with Gasteiger partial charge < -0.3 is 5.11 Å². The zero-order valence-electron chi connectivity index (χ0n) is 11.6. The SMILES string of the molecule is CCCCCCCSc1c(O)ccc2ccccc12. The molecule has 0 aliphatic carbocycles. The molecule has 1 N–H and O–H groups in total. The highest BCUT2D eigenvalue weighted by Crippen LogP contribution is 2.36. The monoisotopic (exact) mass is 274 g/mol. The van der Waals surface area contributed by atoms with Crippen LogP contribution < -0.4 is 0 Å². The Morgan fingerprint density at radius 3 is 2.58 bits per heavy atom. The molecule has 0 amide bonds. The first-order valence-corrected chi connectivity index (χ1v) is 8.15. The van der Waals surface area contributed by atoms with Crippen LogP contribution in [0.5, 0.6) is 5.75 Å². The average Bonchev–Trinajstić information content (AvgIpc) is 2.44. The molecule has 2 rings (SSSR count). The highest BCUT2D eigenvalue weighted by Gasteiger charge is 2.06. The Labute approximate surface area is 120 Å². The van der Waals surface area contributed by atoms with Crippen molar-refractivity contribution in [3.63, 3.8) is 0 Å². The predicted octanol–water partition coefficient (Wildman–Crippen LogP) is 5.61. The first kappa shape index (κ1) is 14.3. The molecule has 0 unspecified atom stereocenters. The van der Waals surface area contributed by atoms with Crippen molar-refractivity contribution in [2.24, 2.45) is 0 Å². The summed E-state index contributed by atoms with van der Waals surface area (Å²) in [4.78, 5) is 1.04. The van der Waals surface area contributed by atoms with Crippen LogP contribution in [-0.4, -0.2) is 10.9 Å². The van der Waals surface area contributed by atoms with Crippen molar-refractivity contribution < 1.29 is 5.11 Å². The summed E-state index contributed by atoms with van der Waals surface area (Å²) >= 11 is 1.78. The van der Waals surface area contributed by atoms with Crippen LogP contribution in [0.3, 0.4) is 0 Å². The van der Waals surface area contributed by atoms with Gasteiger partial charge in [0.25, 0.3) is 0 Å². The van der Waals surface area contributed by atoms with Crippen molar-refractivity contribution >= 4 is 22.5 Å². The number of benzene rings is 2. The molecule has 102 valence electrons. The smallest absolute Gasteiger partial charge is 0.129 e. The minimum atomic E-state index is 0.414. The van der Waals surface area contributed by atoms with Crippen molar-refractivity contribution in [3.8, 4) is 5.75 Å². The number of unbranched alkanes of at least 4 members (excludes halogenated alkanes) is 4. The number of phenols is 1. The first-order valence-electron chi connectivity index (χ1n) is 7.16. The lowest BCUT2D eigenvalue weighted by molar-refractivity contribution is 0.464. The molecule has 0 aromatic heterocycles. The van der Waals surface area contributed by atoms with E-state index in [4.69, 9.17) is 0 Å². The Hall–Kier alpha value is -1.15. The average molecular weight is 274 g/mol. The fourth-order valence-electron chi connectivity index (χ4n) is 2.26. The van der Waals surface area contributed by atoms with Gasteiger partial charge in [-0.3, -0.25) is 0 Å². The van der Waals surface area contributed by atoms with E-state index in [9.17, 15) is 5.11 Å². The Morgan fingerprint density at radius 2 is 1.74 bits per heavy atom. The summed E-state index contributed by atoms with van der Waals surface area (Å²) in [6.07, 6.45) is 6.49. The second-order valence-electron chi connectivity index (χ2n) is 4.90. The van der Waals surface area contributed by atoms with E-state index in [1.807, 2.05) is 24.3 Å². The molecule has 0 fully saturated rings. The second-order valence-corrected chi connectivity index (χ2v) is 6.00. The van der Waals surface area contributed by atoms with E-state index < -0.39 is 0 Å². The normalized spacial score (nSPS) is 11.0. The molecule has 1 nitrogen and oxygen atoms in total. The summed E-state index contributed by atoms with van der Waals surface area (Å²) < 4.78 is 0. The van der Waals surface area contributed by atoms with Crippen molar-refractivity contribution in [1.82, 2.24) is 0 Å². The predicted molar refractivity (Wildman–Crippen MR) is 85.1 cm³/mol. The van der Waals surface area contributed by atoms with Crippen molar-refractivity contribution in [2.75, 3.05) is 5.75 Å². The number of hydrogen-bond donors (Lipinski definition) is 1. The maximum atomic E-state index is 10.0. The molecule has 0 aliphatic rings. The van der Waals surface area contributed by atoms with Crippen LogP contribution in [-0.2, 0) is 0 Å². The minimum Gasteiger partial charge on any atom is -0.507 e. The van der Waals surface area contributed by atoms with Crippen LogP contribution in [0.25, 0.3) is 10.8 Å². The zero-order chi connectivity index (χ0) is 13.5. The third kappa shape index (κ3) is 3.90. The fourth-order valence-corrected chi connectivity index (χ4v) is 3.37. The maximum absolute atomic E-state index is 10.0. The minimum absolute atomic E-state index is 0.414. The lowest BCUT2D eigenvalue weighted by Crippen LogP contribution is -1.84. The lowest BCUT2D eigenvalue weighted by Gasteiger charge is -2.08. The van der Waals surface area contributed by atoms with Gasteiger partial charge in [0.2, 0.25) is 0 Å². The van der Waals surface area contributed by atoms with Crippen molar-refractivity contribution in [2.45, 2.75) is 43.9 Å². The summed E-state index contributed by atoms with van der Waals surface area (Å²) in [6, 6.07) is 12.1. The van der Waals surface area contributed by atoms with Gasteiger partial charge in [-0.1, -0.05) is 62.9 Å². The van der Waals surface area contributed by atoms with Gasteiger partial charge in [0.05, 0.1) is 4.90 Å². The van der Waals surface area contributed by atoms with E-state index in [1.165, 1.54) is 42.9 Å². The Balaban J connectivity index is 1.98. The summed E-state index contributed by atoms with van der Waals surface area (Å²) in [5.74, 6) is 1.50. The molecule has 0 heterocycles. The summed E-state index contributed by atoms with van der Waals surface area (Å²) in [5.41, 5.74) is 0. The zero-order valence-corrected chi connectivity index (χ0v) is 12.4. The van der Waals surface area contributed by atoms with Gasteiger partial charge in [0.15, 0.2) is 0 Å². The maximum Gasteiger partial charge on any atom is 0.129 e. The topological polar surface area (TPSA) is 20.2 Å². The molecule has 2 aromatic carbocycles. The third-order valence-electron chi connectivity index (χ3n) is 3.35. The lowest BCUT2D eigenvalue weighted by atomic mass is 10.1. The molecule has 0 aliphatic heterocycles. The van der Waals surface area contributed by atoms with Crippen LogP contribution >= 0.6 is 11.8 Å². The van der Waals surface area contributed by atoms with Gasteiger partial charge in [0, 0.05) is 0 Å². The molecule has 0 bridgehead atoms. The van der Waals surface area contributed by atoms with E-state index in [-0.39, 0.29) is 0 Å². The standard InChI is InChI=1S/C17H22OS/c1-2-3-4-5-8-13-19-17-15-10-7-6-9-14(15)11-12-16(17)18/h6-7,9-12,18H,2-5,8,13H2,1H3. The van der Waals surface area contributed by atoms with Gasteiger partial charge in [-0.2, -0.15) is 0 Å². The molecule has 0 radical (unpaired) electrons. The quantitative estimate of drug-likeness (QED) is 0.523. The summed E-state index contributed by atoms with van der Waals surface area (Å²) in [6.45, 7) is 2.24. The molecule has 0 atom stereocenters. The van der Waals surface area contributed by atoms with Crippen molar-refractivity contribution in [3.05, 3.63) is 36.4 Å². The van der Waals surface area contributed by atoms with E-state index in [0.29, 0.717) is 5.75 Å². The number of fused-ring (bicyclic) bond motifs is 1. The van der Waals surface area contributed by atoms with Gasteiger partial charge in [-0.05, 0) is 29.0 Å². The molecular weight excluding hydrogens is 252 g/mol. The molecular formula is C17H22OS. The van der Waals surface area contributed by atoms with Gasteiger partial charge in [0.1, 0.15) is 5.75 Å². The van der Waals surface area contributed by atoms with E-state index in [2.05, 4.69) is 19.1 Å². The third-order valence-corrected chi connectivity index (χ3v) is 4.56. The van der Waals surface area contributed by atoms with Gasteiger partial charge in [-0.15, -0.1) is 11.8 Å². The number of aromatic hydroxyl groups is 1. The van der Waals surface area contributed by atoms with Crippen molar-refractivity contribution in [1.29, 1.82) is 0 Å². The van der Waals surface area contributed by atoms with E-state index in [1.54, 1.807) is 11.8 Å². The molecule has 2 heteroatoms. The number of rotatable bonds is 7. The molecule has 0 saturated heterocycles. The van der Waals surface area contributed by atoms with Crippen LogP contribution in [0.1, 0.15) is 39.0 Å². The Bertz CT molecular complexity index is 522. The van der Waals surface area contributed by atoms with Crippen LogP contribution in [0.4, 0.5) is 0 Å². The second kappa shape index (κ2) is 7.44. The number of hydrogen-bond acceptors (Lipinski definition) is 2. The van der Waals surface area contributed by atoms with E-state index in [0.717, 1.165) is 10.6 Å². The molecule has 0 saturated carbocycles. The molecule has 0 spiro atoms. The fraction of sp³-hybridized carbons (Fsp3) is 0.412. The van der Waals surface area contributed by atoms with E-state index >= 15 is 0 Å². The number of phenolic OH excluding ortho intramolecular Hbond substituents is 1. The largest absolute Gasteiger partial charge is 0.507 e. The highest BCUT2D eigenvalue weighted by molar-refractivity contribution is 7.99. The van der Waals surface area contributed by atoms with Gasteiger partial charge in [-0.25, -0.2) is 0 Å². The Kier molecular flexibility index (Phi) is 5.59. The summed E-state index contributed by atoms with van der Waals surface area (Å²) in [5, 5.41) is 12.4. The molecule has 19 heavy (non-hydrogen) atoms. The summed E-state index contributed by atoms with van der Waals surface area (Å²) in [7, 11) is 0.